The summed E-state index contributed by atoms with van der Waals surface area (Å²) in [5, 5.41) is 11.3. The lowest BCUT2D eigenvalue weighted by molar-refractivity contribution is 0.0951. The van der Waals surface area contributed by atoms with E-state index < -0.39 is 0 Å². The molecule has 3 aromatic heterocycles. The molecule has 0 aliphatic carbocycles. The molecule has 3 rings (SSSR count). The van der Waals surface area contributed by atoms with E-state index in [1.54, 1.807) is 13.2 Å². The number of aromatic nitrogens is 4. The van der Waals surface area contributed by atoms with Gasteiger partial charge in [0, 0.05) is 12.2 Å². The van der Waals surface area contributed by atoms with E-state index in [0.29, 0.717) is 17.1 Å². The molecule has 0 saturated carbocycles. The third-order valence-corrected chi connectivity index (χ3v) is 4.35. The van der Waals surface area contributed by atoms with Crippen LogP contribution in [0.5, 0.6) is 0 Å². The summed E-state index contributed by atoms with van der Waals surface area (Å²) in [5.41, 5.74) is 2.56. The van der Waals surface area contributed by atoms with Crippen LogP contribution in [0.2, 0.25) is 0 Å². The molecular weight excluding hydrogens is 314 g/mol. The molecule has 1 unspecified atom stereocenters. The standard InChI is InChI=1S/C15H17N5O2S/c1-9-7-10(2)20(18-9)12(13-5-4-6-22-13)8-16-15(21)14-11(3)17-19-23-14/h4-7,12H,8H2,1-3H3,(H,16,21). The van der Waals surface area contributed by atoms with E-state index in [-0.39, 0.29) is 11.9 Å². The Morgan fingerprint density at radius 1 is 1.43 bits per heavy atom. The van der Waals surface area contributed by atoms with Gasteiger partial charge in [0.15, 0.2) is 0 Å². The van der Waals surface area contributed by atoms with Crippen molar-refractivity contribution in [2.75, 3.05) is 6.54 Å². The molecule has 0 aromatic carbocycles. The molecule has 0 aliphatic heterocycles. The van der Waals surface area contributed by atoms with Gasteiger partial charge < -0.3 is 9.73 Å². The average molecular weight is 331 g/mol. The van der Waals surface area contributed by atoms with Gasteiger partial charge in [-0.2, -0.15) is 5.10 Å². The Bertz CT molecular complexity index is 806. The van der Waals surface area contributed by atoms with Gasteiger partial charge >= 0.3 is 0 Å². The predicted octanol–water partition coefficient (Wildman–Crippen LogP) is 2.27. The van der Waals surface area contributed by atoms with Gasteiger partial charge in [-0.05, 0) is 50.5 Å². The fourth-order valence-electron chi connectivity index (χ4n) is 2.46. The smallest absolute Gasteiger partial charge is 0.265 e. The van der Waals surface area contributed by atoms with E-state index in [0.717, 1.165) is 28.7 Å². The zero-order chi connectivity index (χ0) is 16.4. The number of furan rings is 1. The highest BCUT2D eigenvalue weighted by Crippen LogP contribution is 2.20. The molecule has 0 bridgehead atoms. The summed E-state index contributed by atoms with van der Waals surface area (Å²) in [6.45, 7) is 6.05. The number of rotatable bonds is 5. The lowest BCUT2D eigenvalue weighted by Crippen LogP contribution is -2.32. The number of hydrogen-bond donors (Lipinski definition) is 1. The van der Waals surface area contributed by atoms with Gasteiger partial charge in [0.1, 0.15) is 16.7 Å². The first-order valence-corrected chi connectivity index (χ1v) is 7.97. The van der Waals surface area contributed by atoms with Crippen LogP contribution in [0.15, 0.2) is 28.9 Å². The van der Waals surface area contributed by atoms with Crippen molar-refractivity contribution in [3.8, 4) is 0 Å². The second-order valence-corrected chi connectivity index (χ2v) is 6.05. The van der Waals surface area contributed by atoms with Crippen LogP contribution in [-0.2, 0) is 0 Å². The Kier molecular flexibility index (Phi) is 4.24. The molecule has 8 heteroatoms. The number of aryl methyl sites for hydroxylation is 3. The maximum atomic E-state index is 12.3. The summed E-state index contributed by atoms with van der Waals surface area (Å²) in [4.78, 5) is 12.8. The van der Waals surface area contributed by atoms with Crippen molar-refractivity contribution in [2.45, 2.75) is 26.8 Å². The van der Waals surface area contributed by atoms with Crippen LogP contribution in [0.25, 0.3) is 0 Å². The van der Waals surface area contributed by atoms with Gasteiger partial charge in [0.2, 0.25) is 0 Å². The van der Waals surface area contributed by atoms with Crippen molar-refractivity contribution >= 4 is 17.4 Å². The molecule has 3 heterocycles. The summed E-state index contributed by atoms with van der Waals surface area (Å²) in [5.74, 6) is 0.561. The van der Waals surface area contributed by atoms with Gasteiger partial charge in [-0.15, -0.1) is 5.10 Å². The summed E-state index contributed by atoms with van der Waals surface area (Å²) < 4.78 is 11.2. The lowest BCUT2D eigenvalue weighted by Gasteiger charge is -2.17. The van der Waals surface area contributed by atoms with Crippen molar-refractivity contribution in [3.63, 3.8) is 0 Å². The largest absolute Gasteiger partial charge is 0.467 e. The summed E-state index contributed by atoms with van der Waals surface area (Å²) in [6.07, 6.45) is 1.62. The maximum Gasteiger partial charge on any atom is 0.265 e. The Balaban J connectivity index is 1.82. The highest BCUT2D eigenvalue weighted by atomic mass is 32.1. The second-order valence-electron chi connectivity index (χ2n) is 5.30. The van der Waals surface area contributed by atoms with Crippen LogP contribution in [0.1, 0.15) is 38.6 Å². The molecule has 7 nitrogen and oxygen atoms in total. The molecule has 0 spiro atoms. The molecule has 0 fully saturated rings. The van der Waals surface area contributed by atoms with E-state index in [1.165, 1.54) is 0 Å². The summed E-state index contributed by atoms with van der Waals surface area (Å²) in [7, 11) is 0. The molecule has 23 heavy (non-hydrogen) atoms. The minimum atomic E-state index is -0.205. The molecular formula is C15H17N5O2S. The zero-order valence-electron chi connectivity index (χ0n) is 13.1. The van der Waals surface area contributed by atoms with Crippen LogP contribution < -0.4 is 5.32 Å². The molecule has 1 atom stereocenters. The van der Waals surface area contributed by atoms with E-state index >= 15 is 0 Å². The van der Waals surface area contributed by atoms with Crippen LogP contribution >= 0.6 is 11.5 Å². The van der Waals surface area contributed by atoms with Crippen LogP contribution in [0.3, 0.4) is 0 Å². The first-order valence-electron chi connectivity index (χ1n) is 7.19. The van der Waals surface area contributed by atoms with Gasteiger partial charge in [-0.3, -0.25) is 9.48 Å². The third kappa shape index (κ3) is 3.16. The summed E-state index contributed by atoms with van der Waals surface area (Å²) in [6, 6.07) is 5.50. The van der Waals surface area contributed by atoms with Crippen molar-refractivity contribution < 1.29 is 9.21 Å². The van der Waals surface area contributed by atoms with Crippen LogP contribution in [0.4, 0.5) is 0 Å². The van der Waals surface area contributed by atoms with E-state index in [2.05, 4.69) is 20.0 Å². The van der Waals surface area contributed by atoms with Crippen molar-refractivity contribution in [1.29, 1.82) is 0 Å². The normalized spacial score (nSPS) is 12.3. The zero-order valence-corrected chi connectivity index (χ0v) is 13.9. The fraction of sp³-hybridized carbons (Fsp3) is 0.333. The van der Waals surface area contributed by atoms with Gasteiger partial charge in [-0.25, -0.2) is 0 Å². The molecule has 0 aliphatic rings. The Morgan fingerprint density at radius 3 is 2.83 bits per heavy atom. The third-order valence-electron chi connectivity index (χ3n) is 3.53. The van der Waals surface area contributed by atoms with Crippen molar-refractivity contribution in [2.24, 2.45) is 0 Å². The molecule has 1 N–H and O–H groups in total. The fourth-order valence-corrected chi connectivity index (χ4v) is 3.03. The second kappa shape index (κ2) is 6.33. The number of amides is 1. The van der Waals surface area contributed by atoms with Crippen LogP contribution in [0, 0.1) is 20.8 Å². The number of nitrogens with one attached hydrogen (secondary N) is 1. The lowest BCUT2D eigenvalue weighted by atomic mass is 10.2. The van der Waals surface area contributed by atoms with Gasteiger partial charge in [0.05, 0.1) is 17.7 Å². The highest BCUT2D eigenvalue weighted by molar-refractivity contribution is 7.07. The van der Waals surface area contributed by atoms with Gasteiger partial charge in [0.25, 0.3) is 5.91 Å². The molecule has 0 radical (unpaired) electrons. The number of hydrogen-bond acceptors (Lipinski definition) is 6. The Morgan fingerprint density at radius 2 is 2.26 bits per heavy atom. The van der Waals surface area contributed by atoms with Gasteiger partial charge in [-0.1, -0.05) is 4.49 Å². The number of carbonyl (C=O) groups is 1. The molecule has 0 saturated heterocycles. The summed E-state index contributed by atoms with van der Waals surface area (Å²) >= 11 is 1.09. The maximum absolute atomic E-state index is 12.3. The predicted molar refractivity (Wildman–Crippen MR) is 85.5 cm³/mol. The first kappa shape index (κ1) is 15.4. The first-order chi connectivity index (χ1) is 11.1. The van der Waals surface area contributed by atoms with Crippen molar-refractivity contribution in [1.82, 2.24) is 24.7 Å². The Labute approximate surface area is 137 Å². The van der Waals surface area contributed by atoms with Crippen molar-refractivity contribution in [3.05, 3.63) is 52.2 Å². The Hall–Kier alpha value is -2.48. The molecule has 120 valence electrons. The molecule has 1 amide bonds. The van der Waals surface area contributed by atoms with E-state index in [4.69, 9.17) is 4.42 Å². The van der Waals surface area contributed by atoms with Crippen LogP contribution in [-0.4, -0.2) is 31.8 Å². The quantitative estimate of drug-likeness (QED) is 0.775. The topological polar surface area (TPSA) is 85.8 Å². The monoisotopic (exact) mass is 331 g/mol. The minimum Gasteiger partial charge on any atom is -0.467 e. The average Bonchev–Trinajstić information content (AvgIpc) is 3.22. The van der Waals surface area contributed by atoms with E-state index in [1.807, 2.05) is 36.7 Å². The number of carbonyl (C=O) groups excluding carboxylic acids is 1. The molecule has 3 aromatic rings. The highest BCUT2D eigenvalue weighted by Gasteiger charge is 2.22. The van der Waals surface area contributed by atoms with E-state index in [9.17, 15) is 4.79 Å². The minimum absolute atomic E-state index is 0.185. The SMILES string of the molecule is Cc1cc(C)n(C(CNC(=O)c2snnc2C)c2ccco2)n1. The number of nitrogens with zero attached hydrogens (tertiary/aromatic N) is 4.